The molecule has 6 heteroatoms. The van der Waals surface area contributed by atoms with E-state index in [-0.39, 0.29) is 35.2 Å². The lowest BCUT2D eigenvalue weighted by molar-refractivity contribution is -0.178. The molecule has 32 heavy (non-hydrogen) atoms. The molecule has 4 fully saturated rings. The van der Waals surface area contributed by atoms with E-state index >= 15 is 4.39 Å². The lowest BCUT2D eigenvalue weighted by atomic mass is 9.52. The van der Waals surface area contributed by atoms with Crippen molar-refractivity contribution < 1.29 is 19.0 Å². The zero-order valence-corrected chi connectivity index (χ0v) is 19.0. The summed E-state index contributed by atoms with van der Waals surface area (Å²) in [5.74, 6) is 0.456. The van der Waals surface area contributed by atoms with Crippen molar-refractivity contribution in [2.75, 3.05) is 6.54 Å². The lowest BCUT2D eigenvalue weighted by Crippen LogP contribution is -2.64. The number of carbonyl (C=O) groups is 1. The second-order valence-corrected chi connectivity index (χ2v) is 11.4. The van der Waals surface area contributed by atoms with E-state index in [2.05, 4.69) is 11.9 Å². The standard InChI is InChI=1S/C26H33FN2O3/c1-15(19-12-28-20-5-6-21(24(27)23(19)20)32-18-3-4-18)9-22(30)29-13-16-7-8-26(31)11-17(29)10-25(16,2)14-26/h5-6,12,15-18,28,31H,3-4,7-11,13-14H2,1-2H3. The molecule has 0 spiro atoms. The fraction of sp³-hybridized carbons (Fsp3) is 0.654. The van der Waals surface area contributed by atoms with Gasteiger partial charge in [0.2, 0.25) is 5.91 Å². The van der Waals surface area contributed by atoms with Crippen LogP contribution in [0.5, 0.6) is 5.75 Å². The molecular formula is C26H33FN2O3. The second-order valence-electron chi connectivity index (χ2n) is 11.4. The number of likely N-dealkylation sites (tertiary alicyclic amines) is 1. The van der Waals surface area contributed by atoms with Crippen LogP contribution in [0.25, 0.3) is 10.9 Å². The molecule has 2 N–H and O–H groups in total. The number of amides is 1. The summed E-state index contributed by atoms with van der Waals surface area (Å²) in [6, 6.07) is 3.67. The number of hydrogen-bond acceptors (Lipinski definition) is 3. The first-order valence-corrected chi connectivity index (χ1v) is 12.2. The van der Waals surface area contributed by atoms with Crippen LogP contribution >= 0.6 is 0 Å². The highest BCUT2D eigenvalue weighted by Crippen LogP contribution is 2.57. The van der Waals surface area contributed by atoms with E-state index in [9.17, 15) is 9.90 Å². The molecule has 2 aromatic rings. The number of nitrogens with zero attached hydrogens (tertiary/aromatic N) is 1. The number of benzene rings is 1. The molecular weight excluding hydrogens is 407 g/mol. The molecule has 1 aromatic heterocycles. The molecule has 3 bridgehead atoms. The van der Waals surface area contributed by atoms with E-state index in [1.807, 2.05) is 24.1 Å². The van der Waals surface area contributed by atoms with Gasteiger partial charge in [-0.05, 0) is 79.9 Å². The molecule has 6 rings (SSSR count). The number of aromatic amines is 1. The van der Waals surface area contributed by atoms with Crippen molar-refractivity contribution >= 4 is 16.8 Å². The Bertz CT molecular complexity index is 1080. The number of H-pyrrole nitrogens is 1. The summed E-state index contributed by atoms with van der Waals surface area (Å²) in [6.45, 7) is 5.10. The Morgan fingerprint density at radius 2 is 2.16 bits per heavy atom. The van der Waals surface area contributed by atoms with Crippen molar-refractivity contribution in [1.29, 1.82) is 0 Å². The number of aliphatic hydroxyl groups is 1. The topological polar surface area (TPSA) is 65.6 Å². The highest BCUT2D eigenvalue weighted by molar-refractivity contribution is 5.87. The third-order valence-electron chi connectivity index (χ3n) is 8.78. The number of halogens is 1. The minimum atomic E-state index is -0.614. The van der Waals surface area contributed by atoms with Crippen molar-refractivity contribution in [3.8, 4) is 5.75 Å². The molecule has 1 saturated heterocycles. The molecule has 0 radical (unpaired) electrons. The van der Waals surface area contributed by atoms with Crippen LogP contribution in [0, 0.1) is 17.2 Å². The zero-order chi connectivity index (χ0) is 22.3. The van der Waals surface area contributed by atoms with Crippen LogP contribution in [0.15, 0.2) is 18.3 Å². The molecule has 1 amide bonds. The van der Waals surface area contributed by atoms with Crippen LogP contribution in [-0.2, 0) is 4.79 Å². The lowest BCUT2D eigenvalue weighted by Gasteiger charge is -2.61. The fourth-order valence-corrected chi connectivity index (χ4v) is 6.98. The minimum Gasteiger partial charge on any atom is -0.487 e. The van der Waals surface area contributed by atoms with E-state index in [4.69, 9.17) is 4.74 Å². The molecule has 5 nitrogen and oxygen atoms in total. The molecule has 5 unspecified atom stereocenters. The average Bonchev–Trinajstić information content (AvgIpc) is 3.42. The number of nitrogens with one attached hydrogen (secondary N) is 1. The summed E-state index contributed by atoms with van der Waals surface area (Å²) in [5.41, 5.74) is 1.10. The normalized spacial score (nSPS) is 34.7. The Kier molecular flexibility index (Phi) is 4.46. The number of ether oxygens (including phenoxy) is 1. The number of piperidine rings is 1. The van der Waals surface area contributed by atoms with E-state index in [1.54, 1.807) is 6.07 Å². The summed E-state index contributed by atoms with van der Waals surface area (Å²) >= 11 is 0. The van der Waals surface area contributed by atoms with Gasteiger partial charge in [-0.25, -0.2) is 4.39 Å². The summed E-state index contributed by atoms with van der Waals surface area (Å²) < 4.78 is 21.0. The Hall–Kier alpha value is -2.08. The van der Waals surface area contributed by atoms with Crippen LogP contribution in [0.4, 0.5) is 4.39 Å². The molecule has 5 atom stereocenters. The van der Waals surface area contributed by atoms with Gasteiger partial charge in [0.15, 0.2) is 11.6 Å². The van der Waals surface area contributed by atoms with Crippen molar-refractivity contribution in [2.45, 2.75) is 88.9 Å². The number of hydrogen-bond donors (Lipinski definition) is 2. The molecule has 172 valence electrons. The van der Waals surface area contributed by atoms with Gasteiger partial charge in [0, 0.05) is 36.1 Å². The first-order chi connectivity index (χ1) is 15.2. The van der Waals surface area contributed by atoms with E-state index in [0.29, 0.717) is 29.9 Å². The Balaban J connectivity index is 1.23. The van der Waals surface area contributed by atoms with E-state index in [0.717, 1.165) is 56.1 Å². The maximum Gasteiger partial charge on any atom is 0.223 e. The summed E-state index contributed by atoms with van der Waals surface area (Å²) in [7, 11) is 0. The van der Waals surface area contributed by atoms with Gasteiger partial charge >= 0.3 is 0 Å². The fourth-order valence-electron chi connectivity index (χ4n) is 6.98. The summed E-state index contributed by atoms with van der Waals surface area (Å²) in [6.07, 6.45) is 8.70. The molecule has 4 aliphatic rings. The second kappa shape index (κ2) is 6.96. The van der Waals surface area contributed by atoms with Gasteiger partial charge < -0.3 is 19.7 Å². The molecule has 3 aliphatic carbocycles. The van der Waals surface area contributed by atoms with Gasteiger partial charge in [0.25, 0.3) is 0 Å². The van der Waals surface area contributed by atoms with Gasteiger partial charge in [0.1, 0.15) is 0 Å². The van der Waals surface area contributed by atoms with Crippen molar-refractivity contribution in [3.05, 3.63) is 29.7 Å². The molecule has 1 aliphatic heterocycles. The first-order valence-electron chi connectivity index (χ1n) is 12.2. The van der Waals surface area contributed by atoms with Gasteiger partial charge in [0.05, 0.1) is 11.7 Å². The minimum absolute atomic E-state index is 0.112. The third kappa shape index (κ3) is 3.25. The smallest absolute Gasteiger partial charge is 0.223 e. The van der Waals surface area contributed by atoms with Crippen LogP contribution in [0.1, 0.15) is 76.7 Å². The SMILES string of the molecule is CC(CC(=O)N1CC2CCC3(O)CC1CC2(C)C3)c1c[nH]c2ccc(OC3CC3)c(F)c12. The maximum absolute atomic E-state index is 15.3. The Morgan fingerprint density at radius 3 is 2.94 bits per heavy atom. The van der Waals surface area contributed by atoms with Crippen LogP contribution < -0.4 is 4.74 Å². The molecule has 2 heterocycles. The van der Waals surface area contributed by atoms with Gasteiger partial charge in [-0.2, -0.15) is 0 Å². The largest absolute Gasteiger partial charge is 0.487 e. The maximum atomic E-state index is 15.3. The first kappa shape index (κ1) is 20.5. The van der Waals surface area contributed by atoms with Gasteiger partial charge in [-0.15, -0.1) is 0 Å². The Labute approximate surface area is 188 Å². The average molecular weight is 441 g/mol. The van der Waals surface area contributed by atoms with Crippen LogP contribution in [-0.4, -0.2) is 45.2 Å². The van der Waals surface area contributed by atoms with Crippen molar-refractivity contribution in [2.24, 2.45) is 11.3 Å². The van der Waals surface area contributed by atoms with Crippen molar-refractivity contribution in [3.63, 3.8) is 0 Å². The van der Waals surface area contributed by atoms with Gasteiger partial charge in [-0.1, -0.05) is 13.8 Å². The predicted octanol–water partition coefficient (Wildman–Crippen LogP) is 4.88. The number of rotatable bonds is 5. The van der Waals surface area contributed by atoms with Crippen LogP contribution in [0.2, 0.25) is 0 Å². The van der Waals surface area contributed by atoms with E-state index < -0.39 is 5.60 Å². The highest BCUT2D eigenvalue weighted by atomic mass is 19.1. The van der Waals surface area contributed by atoms with Crippen molar-refractivity contribution in [1.82, 2.24) is 9.88 Å². The molecule has 1 aromatic carbocycles. The molecule has 3 saturated carbocycles. The number of fused-ring (bicyclic) bond motifs is 3. The predicted molar refractivity (Wildman–Crippen MR) is 120 cm³/mol. The zero-order valence-electron chi connectivity index (χ0n) is 19.0. The number of aromatic nitrogens is 1. The number of carbonyl (C=O) groups excluding carboxylic acids is 1. The third-order valence-corrected chi connectivity index (χ3v) is 8.78. The Morgan fingerprint density at radius 1 is 1.34 bits per heavy atom. The summed E-state index contributed by atoms with van der Waals surface area (Å²) in [4.78, 5) is 18.7. The monoisotopic (exact) mass is 440 g/mol. The summed E-state index contributed by atoms with van der Waals surface area (Å²) in [5, 5.41) is 11.6. The van der Waals surface area contributed by atoms with Crippen LogP contribution in [0.3, 0.4) is 0 Å². The highest BCUT2D eigenvalue weighted by Gasteiger charge is 2.57. The van der Waals surface area contributed by atoms with E-state index in [1.165, 1.54) is 0 Å². The quantitative estimate of drug-likeness (QED) is 0.696. The van der Waals surface area contributed by atoms with Gasteiger partial charge in [-0.3, -0.25) is 4.79 Å².